The molecule has 72 valence electrons. The van der Waals surface area contributed by atoms with Gasteiger partial charge in [-0.2, -0.15) is 8.42 Å². The molecule has 1 atom stereocenters. The predicted octanol–water partition coefficient (Wildman–Crippen LogP) is -0.399. The van der Waals surface area contributed by atoms with E-state index in [1.54, 1.807) is 0 Å². The van der Waals surface area contributed by atoms with Gasteiger partial charge in [-0.05, 0) is 0 Å². The second-order valence-electron chi connectivity index (χ2n) is 1.33. The van der Waals surface area contributed by atoms with Gasteiger partial charge in [-0.3, -0.25) is 9.45 Å². The third kappa shape index (κ3) is 6.07. The van der Waals surface area contributed by atoms with Gasteiger partial charge in [-0.15, -0.1) is 3.97 Å². The van der Waals surface area contributed by atoms with Gasteiger partial charge < -0.3 is 9.63 Å². The molecule has 0 bridgehead atoms. The molecule has 0 aliphatic carbocycles. The first kappa shape index (κ1) is 11.3. The third-order valence-electron chi connectivity index (χ3n) is 0.382. The van der Waals surface area contributed by atoms with Gasteiger partial charge in [-0.1, -0.05) is 0 Å². The van der Waals surface area contributed by atoms with Crippen molar-refractivity contribution < 1.29 is 40.8 Å². The van der Waals surface area contributed by atoms with Crippen LogP contribution in [0.1, 0.15) is 0 Å². The number of hydrogen-bond acceptors (Lipinski definition) is 6. The van der Waals surface area contributed by atoms with E-state index in [0.29, 0.717) is 0 Å². The molecule has 9 nitrogen and oxygen atoms in total. The Kier molecular flexibility index (Phi) is 3.18. The first-order valence-corrected chi connectivity index (χ1v) is 4.92. The fourth-order valence-corrected chi connectivity index (χ4v) is 1.50. The summed E-state index contributed by atoms with van der Waals surface area (Å²) in [4.78, 5) is 17.8. The number of phosphoric acid groups is 1. The molecule has 0 aliphatic heterocycles. The van der Waals surface area contributed by atoms with E-state index in [1.807, 2.05) is 0 Å². The highest BCUT2D eigenvalue weighted by Crippen LogP contribution is 2.44. The number of rotatable bonds is 3. The first-order chi connectivity index (χ1) is 5.12. The van der Waals surface area contributed by atoms with E-state index < -0.39 is 24.4 Å². The first-order valence-electron chi connectivity index (χ1n) is 2.06. The van der Waals surface area contributed by atoms with Gasteiger partial charge in [0.2, 0.25) is 0 Å². The minimum Gasteiger partial charge on any atom is -0.449 e. The van der Waals surface area contributed by atoms with Crippen molar-refractivity contribution in [2.75, 3.05) is 0 Å². The number of carboxylic acid groups (broad SMARTS) is 1. The maximum absolute atomic E-state index is 10.2. The zero-order valence-electron chi connectivity index (χ0n) is 5.15. The molecule has 0 spiro atoms. The Hall–Kier alpha value is -0.670. The molecule has 0 radical (unpaired) electrons. The van der Waals surface area contributed by atoms with Gasteiger partial charge >= 0.3 is 24.4 Å². The Morgan fingerprint density at radius 1 is 1.42 bits per heavy atom. The van der Waals surface area contributed by atoms with Crippen LogP contribution in [0, 0.1) is 0 Å². The lowest BCUT2D eigenvalue weighted by molar-refractivity contribution is 0.127. The van der Waals surface area contributed by atoms with Crippen molar-refractivity contribution in [2.24, 2.45) is 0 Å². The average molecular weight is 222 g/mol. The fraction of sp³-hybridized carbons (Fsp3) is 0. The van der Waals surface area contributed by atoms with Crippen LogP contribution in [0.4, 0.5) is 4.79 Å². The van der Waals surface area contributed by atoms with E-state index in [9.17, 15) is 17.8 Å². The van der Waals surface area contributed by atoms with Gasteiger partial charge in [0.15, 0.2) is 0 Å². The molecule has 0 aromatic heterocycles. The van der Waals surface area contributed by atoms with Crippen LogP contribution in [0.5, 0.6) is 0 Å². The molecule has 0 aromatic carbocycles. The van der Waals surface area contributed by atoms with Crippen molar-refractivity contribution in [3.05, 3.63) is 0 Å². The van der Waals surface area contributed by atoms with Crippen LogP contribution in [0.2, 0.25) is 0 Å². The van der Waals surface area contributed by atoms with Gasteiger partial charge in [0.05, 0.1) is 0 Å². The standard InChI is InChI=1S/CH3O9PS/c2-1(3)9-11(4,5)10-12(6,7)8/h(H,2,3)(H,4,5)(H,6,7,8). The number of carbonyl (C=O) groups is 1. The van der Waals surface area contributed by atoms with Crippen molar-refractivity contribution >= 4 is 24.4 Å². The summed E-state index contributed by atoms with van der Waals surface area (Å²) in [7, 11) is -10.5. The third-order valence-corrected chi connectivity index (χ3v) is 2.28. The summed E-state index contributed by atoms with van der Waals surface area (Å²) in [5, 5.41) is 7.74. The van der Waals surface area contributed by atoms with Crippen LogP contribution in [0.15, 0.2) is 0 Å². The van der Waals surface area contributed by atoms with Crippen molar-refractivity contribution in [1.82, 2.24) is 0 Å². The summed E-state index contributed by atoms with van der Waals surface area (Å²) in [5.74, 6) is 0. The molecule has 0 saturated carbocycles. The molecule has 0 heterocycles. The SMILES string of the molecule is O=C(O)OP(=O)(O)OS(=O)(=O)O. The van der Waals surface area contributed by atoms with Crippen molar-refractivity contribution in [3.8, 4) is 0 Å². The molecule has 0 saturated heterocycles. The second kappa shape index (κ2) is 3.37. The summed E-state index contributed by atoms with van der Waals surface area (Å²) in [6, 6.07) is 0. The van der Waals surface area contributed by atoms with Crippen LogP contribution in [-0.4, -0.2) is 29.1 Å². The monoisotopic (exact) mass is 222 g/mol. The Bertz CT molecular complexity index is 311. The zero-order chi connectivity index (χ0) is 9.99. The maximum atomic E-state index is 10.2. The topological polar surface area (TPSA) is 147 Å². The zero-order valence-corrected chi connectivity index (χ0v) is 6.86. The fourth-order valence-electron chi connectivity index (χ4n) is 0.233. The van der Waals surface area contributed by atoms with Crippen molar-refractivity contribution in [1.29, 1.82) is 0 Å². The quantitative estimate of drug-likeness (QED) is 0.428. The smallest absolute Gasteiger partial charge is 0.449 e. The van der Waals surface area contributed by atoms with E-state index >= 15 is 0 Å². The van der Waals surface area contributed by atoms with E-state index in [-0.39, 0.29) is 0 Å². The van der Waals surface area contributed by atoms with E-state index in [1.165, 1.54) is 0 Å². The molecule has 12 heavy (non-hydrogen) atoms. The molecule has 1 unspecified atom stereocenters. The number of phosphoric ester groups is 1. The van der Waals surface area contributed by atoms with Crippen LogP contribution in [0.3, 0.4) is 0 Å². The molecule has 0 amide bonds. The summed E-state index contributed by atoms with van der Waals surface area (Å²) in [5.41, 5.74) is 0. The van der Waals surface area contributed by atoms with Crippen LogP contribution in [0.25, 0.3) is 0 Å². The molecule has 0 rings (SSSR count). The molecular formula is CH3O9PS. The molecule has 0 aliphatic rings. The van der Waals surface area contributed by atoms with Crippen LogP contribution < -0.4 is 0 Å². The summed E-state index contributed by atoms with van der Waals surface area (Å²) in [6.07, 6.45) is -2.22. The minimum absolute atomic E-state index is 2.22. The van der Waals surface area contributed by atoms with Crippen molar-refractivity contribution in [2.45, 2.75) is 0 Å². The highest BCUT2D eigenvalue weighted by molar-refractivity contribution is 7.85. The second-order valence-corrected chi connectivity index (χ2v) is 3.90. The molecule has 0 fully saturated rings. The lowest BCUT2D eigenvalue weighted by atomic mass is 11.5. The van der Waals surface area contributed by atoms with Crippen LogP contribution in [-0.2, 0) is 23.5 Å². The van der Waals surface area contributed by atoms with Gasteiger partial charge in [0.25, 0.3) is 0 Å². The van der Waals surface area contributed by atoms with Crippen molar-refractivity contribution in [3.63, 3.8) is 0 Å². The van der Waals surface area contributed by atoms with Gasteiger partial charge in [0, 0.05) is 0 Å². The molecule has 3 N–H and O–H groups in total. The molecular weight excluding hydrogens is 219 g/mol. The van der Waals surface area contributed by atoms with Gasteiger partial charge in [-0.25, -0.2) is 9.36 Å². The predicted molar refractivity (Wildman–Crippen MR) is 31.6 cm³/mol. The highest BCUT2D eigenvalue weighted by Gasteiger charge is 2.32. The maximum Gasteiger partial charge on any atom is 0.548 e. The lowest BCUT2D eigenvalue weighted by Gasteiger charge is -2.04. The summed E-state index contributed by atoms with van der Waals surface area (Å²) in [6.45, 7) is 0. The lowest BCUT2D eigenvalue weighted by Crippen LogP contribution is -2.06. The normalized spacial score (nSPS) is 16.5. The molecule has 0 aromatic rings. The Morgan fingerprint density at radius 2 is 1.83 bits per heavy atom. The van der Waals surface area contributed by atoms with E-state index in [2.05, 4.69) is 8.49 Å². The minimum atomic E-state index is -5.31. The number of hydrogen-bond donors (Lipinski definition) is 3. The average Bonchev–Trinajstić information content (AvgIpc) is 1.48. The van der Waals surface area contributed by atoms with E-state index in [0.717, 1.165) is 0 Å². The Labute approximate surface area is 66.1 Å². The van der Waals surface area contributed by atoms with E-state index in [4.69, 9.17) is 14.6 Å². The molecule has 11 heteroatoms. The highest BCUT2D eigenvalue weighted by atomic mass is 32.3. The Balaban J connectivity index is 4.45. The summed E-state index contributed by atoms with van der Waals surface area (Å²) >= 11 is 0. The van der Waals surface area contributed by atoms with Gasteiger partial charge in [0.1, 0.15) is 0 Å². The van der Waals surface area contributed by atoms with Crippen LogP contribution >= 0.6 is 7.82 Å². The Morgan fingerprint density at radius 3 is 2.08 bits per heavy atom. The largest absolute Gasteiger partial charge is 0.548 e. The summed E-state index contributed by atoms with van der Waals surface area (Å²) < 4.78 is 43.6.